The second kappa shape index (κ2) is 8.02. The molecule has 0 aliphatic heterocycles. The van der Waals surface area contributed by atoms with Crippen molar-refractivity contribution in [2.45, 2.75) is 25.3 Å². The Labute approximate surface area is 128 Å². The van der Waals surface area contributed by atoms with Crippen molar-refractivity contribution in [3.63, 3.8) is 0 Å². The molecule has 0 heterocycles. The number of benzene rings is 1. The molecule has 0 bridgehead atoms. The Balaban J connectivity index is 1.54. The van der Waals surface area contributed by atoms with Crippen molar-refractivity contribution < 1.29 is 23.9 Å². The van der Waals surface area contributed by atoms with Crippen LogP contribution in [-0.2, 0) is 14.3 Å². The average Bonchev–Trinajstić information content (AvgIpc) is 3.30. The Hall–Kier alpha value is -2.57. The number of imide groups is 1. The molecule has 1 fully saturated rings. The first-order chi connectivity index (χ1) is 10.6. The van der Waals surface area contributed by atoms with Gasteiger partial charge in [0.05, 0.1) is 13.0 Å². The standard InChI is InChI=1S/C15H18N2O5/c18-13(17-15(20)16-11-6-7-11)10-22-14(19)8-9-21-12-4-2-1-3-5-12/h1-5,11H,6-10H2,(H2,16,17,18,20). The second-order valence-corrected chi connectivity index (χ2v) is 4.87. The van der Waals surface area contributed by atoms with Gasteiger partial charge < -0.3 is 14.8 Å². The van der Waals surface area contributed by atoms with Crippen molar-refractivity contribution >= 4 is 17.9 Å². The summed E-state index contributed by atoms with van der Waals surface area (Å²) in [7, 11) is 0. The summed E-state index contributed by atoms with van der Waals surface area (Å²) in [5.74, 6) is -0.561. The van der Waals surface area contributed by atoms with E-state index in [9.17, 15) is 14.4 Å². The third-order valence-electron chi connectivity index (χ3n) is 2.85. The zero-order valence-electron chi connectivity index (χ0n) is 12.0. The van der Waals surface area contributed by atoms with Crippen molar-refractivity contribution in [2.75, 3.05) is 13.2 Å². The molecule has 0 radical (unpaired) electrons. The third kappa shape index (κ3) is 6.25. The Bertz CT molecular complexity index is 528. The van der Waals surface area contributed by atoms with Gasteiger partial charge in [-0.1, -0.05) is 18.2 Å². The molecule has 1 aromatic rings. The number of carbonyl (C=O) groups is 3. The molecular formula is C15H18N2O5. The number of esters is 1. The summed E-state index contributed by atoms with van der Waals surface area (Å²) in [6.45, 7) is -0.325. The number of urea groups is 1. The molecule has 1 saturated carbocycles. The first-order valence-electron chi connectivity index (χ1n) is 7.07. The Morgan fingerprint density at radius 2 is 1.86 bits per heavy atom. The quantitative estimate of drug-likeness (QED) is 0.733. The average molecular weight is 306 g/mol. The molecule has 3 amide bonds. The lowest BCUT2D eigenvalue weighted by atomic mass is 10.3. The fourth-order valence-corrected chi connectivity index (χ4v) is 1.60. The number of amides is 3. The number of rotatable bonds is 7. The Morgan fingerprint density at radius 1 is 1.14 bits per heavy atom. The van der Waals surface area contributed by atoms with Gasteiger partial charge in [0.15, 0.2) is 6.61 Å². The van der Waals surface area contributed by atoms with E-state index in [-0.39, 0.29) is 19.1 Å². The van der Waals surface area contributed by atoms with Gasteiger partial charge in [-0.05, 0) is 25.0 Å². The molecule has 1 aromatic carbocycles. The third-order valence-corrected chi connectivity index (χ3v) is 2.85. The number of carbonyl (C=O) groups excluding carboxylic acids is 3. The molecule has 0 saturated heterocycles. The molecule has 7 nitrogen and oxygen atoms in total. The number of ether oxygens (including phenoxy) is 2. The fraction of sp³-hybridized carbons (Fsp3) is 0.400. The molecule has 2 rings (SSSR count). The topological polar surface area (TPSA) is 93.7 Å². The zero-order valence-corrected chi connectivity index (χ0v) is 12.0. The van der Waals surface area contributed by atoms with Crippen LogP contribution in [0.3, 0.4) is 0 Å². The van der Waals surface area contributed by atoms with Gasteiger partial charge in [0, 0.05) is 6.04 Å². The second-order valence-electron chi connectivity index (χ2n) is 4.87. The number of nitrogens with one attached hydrogen (secondary N) is 2. The first-order valence-corrected chi connectivity index (χ1v) is 7.07. The predicted octanol–water partition coefficient (Wildman–Crippen LogP) is 0.987. The lowest BCUT2D eigenvalue weighted by Gasteiger charge is -2.07. The van der Waals surface area contributed by atoms with Crippen LogP contribution in [0.4, 0.5) is 4.79 Å². The van der Waals surface area contributed by atoms with E-state index in [2.05, 4.69) is 10.6 Å². The molecule has 1 aliphatic carbocycles. The first kappa shape index (κ1) is 15.8. The van der Waals surface area contributed by atoms with E-state index < -0.39 is 24.5 Å². The zero-order chi connectivity index (χ0) is 15.8. The van der Waals surface area contributed by atoms with Gasteiger partial charge >= 0.3 is 12.0 Å². The van der Waals surface area contributed by atoms with Crippen molar-refractivity contribution in [1.82, 2.24) is 10.6 Å². The van der Waals surface area contributed by atoms with Crippen LogP contribution in [0.5, 0.6) is 5.75 Å². The van der Waals surface area contributed by atoms with Gasteiger partial charge in [0.25, 0.3) is 5.91 Å². The van der Waals surface area contributed by atoms with Crippen molar-refractivity contribution in [1.29, 1.82) is 0 Å². The minimum atomic E-state index is -0.657. The monoisotopic (exact) mass is 306 g/mol. The minimum Gasteiger partial charge on any atom is -0.493 e. The highest BCUT2D eigenvalue weighted by Crippen LogP contribution is 2.18. The summed E-state index contributed by atoms with van der Waals surface area (Å²) in [5.41, 5.74) is 0. The summed E-state index contributed by atoms with van der Waals surface area (Å²) in [5, 5.41) is 4.68. The number of hydrogen-bond donors (Lipinski definition) is 2. The van der Waals surface area contributed by atoms with Crippen molar-refractivity contribution in [2.24, 2.45) is 0 Å². The van der Waals surface area contributed by atoms with E-state index >= 15 is 0 Å². The van der Waals surface area contributed by atoms with Gasteiger partial charge in [-0.2, -0.15) is 0 Å². The molecule has 118 valence electrons. The van der Waals surface area contributed by atoms with E-state index in [1.54, 1.807) is 12.1 Å². The van der Waals surface area contributed by atoms with Gasteiger partial charge in [-0.3, -0.25) is 14.9 Å². The summed E-state index contributed by atoms with van der Waals surface area (Å²) in [4.78, 5) is 34.1. The highest BCUT2D eigenvalue weighted by atomic mass is 16.5. The van der Waals surface area contributed by atoms with Crippen LogP contribution in [-0.4, -0.2) is 37.2 Å². The van der Waals surface area contributed by atoms with Gasteiger partial charge in [-0.15, -0.1) is 0 Å². The maximum atomic E-state index is 11.4. The maximum absolute atomic E-state index is 11.4. The molecule has 0 atom stereocenters. The fourth-order valence-electron chi connectivity index (χ4n) is 1.60. The lowest BCUT2D eigenvalue weighted by Crippen LogP contribution is -2.42. The molecule has 2 N–H and O–H groups in total. The Morgan fingerprint density at radius 3 is 2.55 bits per heavy atom. The van der Waals surface area contributed by atoms with Crippen molar-refractivity contribution in [3.8, 4) is 5.75 Å². The van der Waals surface area contributed by atoms with E-state index in [1.807, 2.05) is 18.2 Å². The number of para-hydroxylation sites is 1. The van der Waals surface area contributed by atoms with E-state index in [4.69, 9.17) is 9.47 Å². The number of hydrogen-bond acceptors (Lipinski definition) is 5. The van der Waals surface area contributed by atoms with E-state index in [0.717, 1.165) is 12.8 Å². The van der Waals surface area contributed by atoms with Crippen molar-refractivity contribution in [3.05, 3.63) is 30.3 Å². The normalized spacial score (nSPS) is 13.1. The summed E-state index contributed by atoms with van der Waals surface area (Å²) in [6.07, 6.45) is 1.88. The maximum Gasteiger partial charge on any atom is 0.321 e. The van der Waals surface area contributed by atoms with Crippen LogP contribution < -0.4 is 15.4 Å². The Kier molecular flexibility index (Phi) is 5.76. The van der Waals surface area contributed by atoms with Gasteiger partial charge in [-0.25, -0.2) is 4.79 Å². The summed E-state index contributed by atoms with van der Waals surface area (Å²) in [6, 6.07) is 8.66. The van der Waals surface area contributed by atoms with Crippen LogP contribution in [0.1, 0.15) is 19.3 Å². The van der Waals surface area contributed by atoms with Gasteiger partial charge in [0.1, 0.15) is 5.75 Å². The molecule has 22 heavy (non-hydrogen) atoms. The SMILES string of the molecule is O=C(COC(=O)CCOc1ccccc1)NC(=O)NC1CC1. The molecule has 0 spiro atoms. The van der Waals surface area contributed by atoms with Crippen LogP contribution in [0, 0.1) is 0 Å². The predicted molar refractivity (Wildman–Crippen MR) is 77.2 cm³/mol. The minimum absolute atomic E-state index is 0.0243. The van der Waals surface area contributed by atoms with Gasteiger partial charge in [0.2, 0.25) is 0 Å². The van der Waals surface area contributed by atoms with Crippen LogP contribution >= 0.6 is 0 Å². The van der Waals surface area contributed by atoms with Crippen LogP contribution in [0.15, 0.2) is 30.3 Å². The van der Waals surface area contributed by atoms with E-state index in [0.29, 0.717) is 5.75 Å². The molecule has 7 heteroatoms. The highest BCUT2D eigenvalue weighted by molar-refractivity contribution is 5.95. The smallest absolute Gasteiger partial charge is 0.321 e. The van der Waals surface area contributed by atoms with Crippen LogP contribution in [0.2, 0.25) is 0 Å². The van der Waals surface area contributed by atoms with Crippen LogP contribution in [0.25, 0.3) is 0 Å². The molecular weight excluding hydrogens is 288 g/mol. The molecule has 1 aliphatic rings. The largest absolute Gasteiger partial charge is 0.493 e. The molecule has 0 aromatic heterocycles. The lowest BCUT2D eigenvalue weighted by molar-refractivity contribution is -0.148. The highest BCUT2D eigenvalue weighted by Gasteiger charge is 2.24. The summed E-state index contributed by atoms with van der Waals surface area (Å²) < 4.78 is 10.1. The van der Waals surface area contributed by atoms with E-state index in [1.165, 1.54) is 0 Å². The molecule has 0 unspecified atom stereocenters. The summed E-state index contributed by atoms with van der Waals surface area (Å²) >= 11 is 0.